The molecule has 3 aromatic carbocycles. The minimum absolute atomic E-state index is 0.184. The zero-order chi connectivity index (χ0) is 27.5. The number of sulfonamides is 1. The highest BCUT2D eigenvalue weighted by Gasteiger charge is 2.33. The molecular weight excluding hydrogens is 505 g/mol. The number of hydrogen-bond acceptors (Lipinski definition) is 4. The second-order valence-corrected chi connectivity index (χ2v) is 11.0. The summed E-state index contributed by atoms with van der Waals surface area (Å²) in [7, 11) is -3.84. The van der Waals surface area contributed by atoms with E-state index in [4.69, 9.17) is 0 Å². The lowest BCUT2D eigenvalue weighted by molar-refractivity contribution is -0.140. The molecule has 1 atom stereocenters. The van der Waals surface area contributed by atoms with Crippen molar-refractivity contribution in [1.82, 2.24) is 10.2 Å². The Balaban J connectivity index is 2.02. The van der Waals surface area contributed by atoms with Crippen LogP contribution in [0.5, 0.6) is 0 Å². The lowest BCUT2D eigenvalue weighted by atomic mass is 10.0. The quantitative estimate of drug-likeness (QED) is 0.331. The molecule has 0 radical (unpaired) electrons. The van der Waals surface area contributed by atoms with Crippen LogP contribution >= 0.6 is 0 Å². The van der Waals surface area contributed by atoms with Crippen LogP contribution in [0.3, 0.4) is 0 Å². The third-order valence-electron chi connectivity index (χ3n) is 6.12. The van der Waals surface area contributed by atoms with Gasteiger partial charge in [-0.15, -0.1) is 0 Å². The molecule has 0 aliphatic rings. The fraction of sp³-hybridized carbons (Fsp3) is 0.310. The van der Waals surface area contributed by atoms with Crippen molar-refractivity contribution in [3.63, 3.8) is 0 Å². The summed E-state index contributed by atoms with van der Waals surface area (Å²) in [6.07, 6.45) is 2.85. The van der Waals surface area contributed by atoms with E-state index in [-0.39, 0.29) is 24.4 Å². The Labute approximate surface area is 224 Å². The first kappa shape index (κ1) is 28.8. The second-order valence-electron chi connectivity index (χ2n) is 9.07. The van der Waals surface area contributed by atoms with Gasteiger partial charge in [0.1, 0.15) is 18.4 Å². The molecule has 0 saturated heterocycles. The van der Waals surface area contributed by atoms with Crippen LogP contribution in [0.4, 0.5) is 10.1 Å². The van der Waals surface area contributed by atoms with E-state index < -0.39 is 34.3 Å². The molecule has 2 amide bonds. The Morgan fingerprint density at radius 1 is 0.921 bits per heavy atom. The van der Waals surface area contributed by atoms with Crippen LogP contribution in [0.15, 0.2) is 84.9 Å². The van der Waals surface area contributed by atoms with Crippen LogP contribution in [0, 0.1) is 5.82 Å². The molecule has 0 fully saturated rings. The molecule has 0 unspecified atom stereocenters. The van der Waals surface area contributed by atoms with Gasteiger partial charge >= 0.3 is 0 Å². The Morgan fingerprint density at radius 3 is 2.13 bits per heavy atom. The average Bonchev–Trinajstić information content (AvgIpc) is 2.90. The number of hydrogen-bond donors (Lipinski definition) is 1. The molecule has 3 aromatic rings. The van der Waals surface area contributed by atoms with E-state index in [0.29, 0.717) is 12.2 Å². The number of anilines is 1. The van der Waals surface area contributed by atoms with E-state index in [1.165, 1.54) is 11.0 Å². The van der Waals surface area contributed by atoms with Crippen LogP contribution in [0.2, 0.25) is 0 Å². The Hall–Kier alpha value is -3.72. The van der Waals surface area contributed by atoms with E-state index >= 15 is 0 Å². The van der Waals surface area contributed by atoms with Gasteiger partial charge in [0.05, 0.1) is 11.9 Å². The van der Waals surface area contributed by atoms with Crippen LogP contribution in [-0.2, 0) is 32.6 Å². The standard InChI is InChI=1S/C29H34FN3O4S/c1-3-4-19-31-29(35)27(20-23-13-7-5-8-14-23)32(21-24-15-11-12-18-26(24)30)28(34)22-33(38(2,36)37)25-16-9-6-10-17-25/h5-18,27H,3-4,19-22H2,1-2H3,(H,31,35)/t27-/m1/s1. The molecule has 1 N–H and O–H groups in total. The second kappa shape index (κ2) is 13.7. The largest absolute Gasteiger partial charge is 0.354 e. The van der Waals surface area contributed by atoms with Gasteiger partial charge in [0.2, 0.25) is 21.8 Å². The van der Waals surface area contributed by atoms with Crippen LogP contribution < -0.4 is 9.62 Å². The van der Waals surface area contributed by atoms with E-state index in [9.17, 15) is 22.4 Å². The van der Waals surface area contributed by atoms with Crippen molar-refractivity contribution in [3.8, 4) is 0 Å². The maximum atomic E-state index is 14.7. The summed E-state index contributed by atoms with van der Waals surface area (Å²) < 4.78 is 41.1. The van der Waals surface area contributed by atoms with Crippen molar-refractivity contribution in [1.29, 1.82) is 0 Å². The Kier molecular flexibility index (Phi) is 10.4. The SMILES string of the molecule is CCCCNC(=O)[C@@H](Cc1ccccc1)N(Cc1ccccc1F)C(=O)CN(c1ccccc1)S(C)(=O)=O. The lowest BCUT2D eigenvalue weighted by Crippen LogP contribution is -2.53. The summed E-state index contributed by atoms with van der Waals surface area (Å²) in [6, 6.07) is 22.6. The van der Waals surface area contributed by atoms with Crippen LogP contribution in [0.1, 0.15) is 30.9 Å². The minimum atomic E-state index is -3.84. The van der Waals surface area contributed by atoms with Crippen molar-refractivity contribution in [3.05, 3.63) is 102 Å². The zero-order valence-electron chi connectivity index (χ0n) is 21.7. The van der Waals surface area contributed by atoms with Crippen molar-refractivity contribution in [2.45, 2.75) is 38.8 Å². The van der Waals surface area contributed by atoms with Crippen molar-refractivity contribution < 1.29 is 22.4 Å². The van der Waals surface area contributed by atoms with Gasteiger partial charge in [-0.25, -0.2) is 12.8 Å². The summed E-state index contributed by atoms with van der Waals surface area (Å²) in [5.41, 5.74) is 1.37. The predicted octanol–water partition coefficient (Wildman–Crippen LogP) is 4.15. The Morgan fingerprint density at radius 2 is 1.53 bits per heavy atom. The van der Waals surface area contributed by atoms with Gasteiger partial charge in [-0.1, -0.05) is 80.1 Å². The number of rotatable bonds is 13. The zero-order valence-corrected chi connectivity index (χ0v) is 22.5. The summed E-state index contributed by atoms with van der Waals surface area (Å²) in [5, 5.41) is 2.90. The molecule has 0 saturated carbocycles. The molecule has 9 heteroatoms. The number of unbranched alkanes of at least 4 members (excludes halogenated alkanes) is 1. The van der Waals surface area contributed by atoms with E-state index in [1.54, 1.807) is 48.5 Å². The summed E-state index contributed by atoms with van der Waals surface area (Å²) in [6.45, 7) is 1.70. The van der Waals surface area contributed by atoms with Gasteiger partial charge in [0.15, 0.2) is 0 Å². The van der Waals surface area contributed by atoms with E-state index in [1.807, 2.05) is 37.3 Å². The van der Waals surface area contributed by atoms with E-state index in [2.05, 4.69) is 5.32 Å². The third kappa shape index (κ3) is 8.14. The number of halogens is 1. The number of benzene rings is 3. The normalized spacial score (nSPS) is 12.0. The fourth-order valence-electron chi connectivity index (χ4n) is 4.08. The predicted molar refractivity (Wildman–Crippen MR) is 147 cm³/mol. The van der Waals surface area contributed by atoms with Gasteiger partial charge in [-0.05, 0) is 30.2 Å². The highest BCUT2D eigenvalue weighted by Crippen LogP contribution is 2.20. The molecular formula is C29H34FN3O4S. The number of amides is 2. The molecule has 7 nitrogen and oxygen atoms in total. The maximum absolute atomic E-state index is 14.7. The van der Waals surface area contributed by atoms with Crippen molar-refractivity contribution >= 4 is 27.5 Å². The number of nitrogens with one attached hydrogen (secondary N) is 1. The van der Waals surface area contributed by atoms with Gasteiger partial charge in [0.25, 0.3) is 0 Å². The topological polar surface area (TPSA) is 86.8 Å². The van der Waals surface area contributed by atoms with Gasteiger partial charge in [-0.3, -0.25) is 13.9 Å². The first-order valence-electron chi connectivity index (χ1n) is 12.6. The third-order valence-corrected chi connectivity index (χ3v) is 7.26. The first-order chi connectivity index (χ1) is 18.2. The smallest absolute Gasteiger partial charge is 0.244 e. The Bertz CT molecular complexity index is 1300. The average molecular weight is 540 g/mol. The summed E-state index contributed by atoms with van der Waals surface area (Å²) >= 11 is 0. The molecule has 0 aromatic heterocycles. The van der Waals surface area contributed by atoms with Gasteiger partial charge in [-0.2, -0.15) is 0 Å². The van der Waals surface area contributed by atoms with E-state index in [0.717, 1.165) is 29.0 Å². The number of nitrogens with zero attached hydrogens (tertiary/aromatic N) is 2. The van der Waals surface area contributed by atoms with Crippen LogP contribution in [0.25, 0.3) is 0 Å². The molecule has 38 heavy (non-hydrogen) atoms. The van der Waals surface area contributed by atoms with Crippen molar-refractivity contribution in [2.75, 3.05) is 23.7 Å². The molecule has 3 rings (SSSR count). The molecule has 0 heterocycles. The van der Waals surface area contributed by atoms with Gasteiger partial charge < -0.3 is 10.2 Å². The first-order valence-corrected chi connectivity index (χ1v) is 14.4. The highest BCUT2D eigenvalue weighted by molar-refractivity contribution is 7.92. The summed E-state index contributed by atoms with van der Waals surface area (Å²) in [4.78, 5) is 28.6. The fourth-order valence-corrected chi connectivity index (χ4v) is 4.93. The van der Waals surface area contributed by atoms with Gasteiger partial charge in [0, 0.05) is 25.1 Å². The molecule has 0 spiro atoms. The summed E-state index contributed by atoms with van der Waals surface area (Å²) in [5.74, 6) is -1.51. The molecule has 202 valence electrons. The number of carbonyl (C=O) groups excluding carboxylic acids is 2. The molecule has 0 aliphatic heterocycles. The highest BCUT2D eigenvalue weighted by atomic mass is 32.2. The van der Waals surface area contributed by atoms with Crippen molar-refractivity contribution in [2.24, 2.45) is 0 Å². The number of para-hydroxylation sites is 1. The maximum Gasteiger partial charge on any atom is 0.244 e. The lowest BCUT2D eigenvalue weighted by Gasteiger charge is -2.33. The molecule has 0 aliphatic carbocycles. The molecule has 0 bridgehead atoms. The number of carbonyl (C=O) groups is 2. The van der Waals surface area contributed by atoms with Crippen LogP contribution in [-0.4, -0.2) is 50.5 Å². The monoisotopic (exact) mass is 539 g/mol. The minimum Gasteiger partial charge on any atom is -0.354 e.